The van der Waals surface area contributed by atoms with Crippen LogP contribution in [0.3, 0.4) is 0 Å². The summed E-state index contributed by atoms with van der Waals surface area (Å²) >= 11 is 6.31. The molecule has 0 spiro atoms. The quantitative estimate of drug-likeness (QED) is 0.593. The van der Waals surface area contributed by atoms with Crippen LogP contribution in [0.25, 0.3) is 0 Å². The van der Waals surface area contributed by atoms with Crippen LogP contribution in [0.4, 0.5) is 0 Å². The van der Waals surface area contributed by atoms with E-state index in [2.05, 4.69) is 18.7 Å². The summed E-state index contributed by atoms with van der Waals surface area (Å²) in [5.41, 5.74) is 2.46. The minimum Gasteiger partial charge on any atom is -0.0991 e. The zero-order chi connectivity index (χ0) is 11.1. The lowest BCUT2D eigenvalue weighted by Crippen LogP contribution is -1.97. The van der Waals surface area contributed by atoms with E-state index in [-0.39, 0.29) is 0 Å². The molecule has 0 aliphatic heterocycles. The maximum atomic E-state index is 6.31. The van der Waals surface area contributed by atoms with E-state index < -0.39 is 0 Å². The van der Waals surface area contributed by atoms with Gasteiger partial charge in [0.25, 0.3) is 0 Å². The van der Waals surface area contributed by atoms with Crippen molar-refractivity contribution >= 4 is 11.6 Å². The third-order valence-corrected chi connectivity index (χ3v) is 2.86. The normalized spacial score (nSPS) is 20.8. The van der Waals surface area contributed by atoms with Crippen LogP contribution in [-0.4, -0.2) is 0 Å². The highest BCUT2D eigenvalue weighted by Crippen LogP contribution is 2.32. The van der Waals surface area contributed by atoms with Crippen molar-refractivity contribution in [3.8, 4) is 0 Å². The molecule has 0 atom stereocenters. The number of hydrogen-bond donors (Lipinski definition) is 0. The van der Waals surface area contributed by atoms with Crippen molar-refractivity contribution in [3.63, 3.8) is 0 Å². The number of hydrogen-bond acceptors (Lipinski definition) is 0. The summed E-state index contributed by atoms with van der Waals surface area (Å²) in [4.78, 5) is 0. The second-order valence-electron chi connectivity index (χ2n) is 3.51. The number of halogens is 1. The summed E-state index contributed by atoms with van der Waals surface area (Å²) in [7, 11) is 0. The topological polar surface area (TPSA) is 0 Å². The van der Waals surface area contributed by atoms with Gasteiger partial charge < -0.3 is 0 Å². The van der Waals surface area contributed by atoms with Gasteiger partial charge >= 0.3 is 0 Å². The van der Waals surface area contributed by atoms with Gasteiger partial charge in [-0.1, -0.05) is 54.6 Å². The van der Waals surface area contributed by atoms with Crippen LogP contribution >= 0.6 is 11.6 Å². The minimum atomic E-state index is 0.914. The molecule has 15 heavy (non-hydrogen) atoms. The number of allylic oxidation sites excluding steroid dienone is 9. The largest absolute Gasteiger partial charge is 0.0991 e. The summed E-state index contributed by atoms with van der Waals surface area (Å²) in [5, 5.41) is 0.914. The predicted octanol–water partition coefficient (Wildman–Crippen LogP) is 4.91. The van der Waals surface area contributed by atoms with Crippen molar-refractivity contribution in [2.24, 2.45) is 0 Å². The Labute approximate surface area is 97.3 Å². The van der Waals surface area contributed by atoms with Gasteiger partial charge in [-0.2, -0.15) is 0 Å². The van der Waals surface area contributed by atoms with Crippen molar-refractivity contribution in [1.29, 1.82) is 0 Å². The highest BCUT2D eigenvalue weighted by atomic mass is 35.5. The van der Waals surface area contributed by atoms with Crippen LogP contribution in [0.5, 0.6) is 0 Å². The molecule has 80 valence electrons. The second kappa shape index (κ2) is 6.47. The van der Waals surface area contributed by atoms with Crippen LogP contribution in [0, 0.1) is 0 Å². The Balaban J connectivity index is 2.94. The molecular formula is C14H17Cl. The van der Waals surface area contributed by atoms with E-state index in [4.69, 9.17) is 11.6 Å². The first-order valence-electron chi connectivity index (χ1n) is 5.29. The van der Waals surface area contributed by atoms with E-state index in [1.807, 2.05) is 25.2 Å². The molecule has 0 aromatic carbocycles. The van der Waals surface area contributed by atoms with E-state index in [0.717, 1.165) is 17.9 Å². The molecule has 0 radical (unpaired) electrons. The van der Waals surface area contributed by atoms with Crippen LogP contribution in [-0.2, 0) is 0 Å². The van der Waals surface area contributed by atoms with Gasteiger partial charge in [0.15, 0.2) is 0 Å². The highest BCUT2D eigenvalue weighted by Gasteiger charge is 2.12. The fourth-order valence-electron chi connectivity index (χ4n) is 1.60. The monoisotopic (exact) mass is 220 g/mol. The van der Waals surface area contributed by atoms with Gasteiger partial charge in [-0.15, -0.1) is 0 Å². The van der Waals surface area contributed by atoms with Crippen LogP contribution in [0.15, 0.2) is 59.2 Å². The van der Waals surface area contributed by atoms with Gasteiger partial charge in [0.2, 0.25) is 0 Å². The molecule has 1 heteroatoms. The molecule has 0 aromatic heterocycles. The van der Waals surface area contributed by atoms with E-state index in [0.29, 0.717) is 0 Å². The van der Waals surface area contributed by atoms with Gasteiger partial charge in [0, 0.05) is 5.03 Å². The fraction of sp³-hybridized carbons (Fsp3) is 0.286. The molecule has 1 aliphatic rings. The molecule has 0 nitrogen and oxygen atoms in total. The lowest BCUT2D eigenvalue weighted by molar-refractivity contribution is 0.792. The molecule has 0 amide bonds. The van der Waals surface area contributed by atoms with Crippen molar-refractivity contribution < 1.29 is 0 Å². The van der Waals surface area contributed by atoms with Crippen LogP contribution in [0.1, 0.15) is 26.2 Å². The number of rotatable bonds is 3. The SMILES string of the molecule is C=CC=CC1=C(Cl)/C(=C/C=CC)CCC1. The standard InChI is InChI=1S/C14H17Cl/c1-3-5-8-12-10-7-11-13(14(12)15)9-6-4-2/h3-6,8-9H,1,7,10-11H2,2H3/b6-4?,8-5?,13-9+. The molecule has 1 rings (SSSR count). The first kappa shape index (κ1) is 12.1. The van der Waals surface area contributed by atoms with Crippen LogP contribution in [0.2, 0.25) is 0 Å². The Morgan fingerprint density at radius 1 is 1.27 bits per heavy atom. The Morgan fingerprint density at radius 2 is 2.07 bits per heavy atom. The summed E-state index contributed by atoms with van der Waals surface area (Å²) in [6.07, 6.45) is 15.3. The summed E-state index contributed by atoms with van der Waals surface area (Å²) < 4.78 is 0. The van der Waals surface area contributed by atoms with Crippen molar-refractivity contribution in [2.45, 2.75) is 26.2 Å². The van der Waals surface area contributed by atoms with Crippen LogP contribution < -0.4 is 0 Å². The molecule has 0 saturated heterocycles. The Hall–Kier alpha value is -1.01. The van der Waals surface area contributed by atoms with E-state index in [9.17, 15) is 0 Å². The Kier molecular flexibility index (Phi) is 5.20. The van der Waals surface area contributed by atoms with Gasteiger partial charge in [-0.05, 0) is 37.3 Å². The maximum absolute atomic E-state index is 6.31. The smallest absolute Gasteiger partial charge is 0.0469 e. The predicted molar refractivity (Wildman–Crippen MR) is 69.0 cm³/mol. The lowest BCUT2D eigenvalue weighted by Gasteiger charge is -2.16. The fourth-order valence-corrected chi connectivity index (χ4v) is 1.92. The molecule has 1 aliphatic carbocycles. The molecule has 0 N–H and O–H groups in total. The van der Waals surface area contributed by atoms with E-state index in [1.54, 1.807) is 6.08 Å². The summed E-state index contributed by atoms with van der Waals surface area (Å²) in [5.74, 6) is 0. The highest BCUT2D eigenvalue weighted by molar-refractivity contribution is 6.32. The van der Waals surface area contributed by atoms with Gasteiger partial charge in [0.05, 0.1) is 0 Å². The maximum Gasteiger partial charge on any atom is 0.0469 e. The van der Waals surface area contributed by atoms with E-state index >= 15 is 0 Å². The van der Waals surface area contributed by atoms with E-state index in [1.165, 1.54) is 17.6 Å². The Morgan fingerprint density at radius 3 is 2.73 bits per heavy atom. The molecule has 0 bridgehead atoms. The molecule has 0 aromatic rings. The molecule has 0 heterocycles. The first-order valence-corrected chi connectivity index (χ1v) is 5.67. The van der Waals surface area contributed by atoms with Gasteiger partial charge in [-0.25, -0.2) is 0 Å². The van der Waals surface area contributed by atoms with Gasteiger partial charge in [-0.3, -0.25) is 0 Å². The second-order valence-corrected chi connectivity index (χ2v) is 3.88. The van der Waals surface area contributed by atoms with Crippen molar-refractivity contribution in [1.82, 2.24) is 0 Å². The minimum absolute atomic E-state index is 0.914. The molecule has 0 saturated carbocycles. The molecular weight excluding hydrogens is 204 g/mol. The summed E-state index contributed by atoms with van der Waals surface area (Å²) in [6.45, 7) is 5.67. The first-order chi connectivity index (χ1) is 7.29. The summed E-state index contributed by atoms with van der Waals surface area (Å²) in [6, 6.07) is 0. The average molecular weight is 221 g/mol. The third kappa shape index (κ3) is 3.56. The zero-order valence-corrected chi connectivity index (χ0v) is 9.93. The lowest BCUT2D eigenvalue weighted by atomic mass is 9.94. The van der Waals surface area contributed by atoms with Gasteiger partial charge in [0.1, 0.15) is 0 Å². The zero-order valence-electron chi connectivity index (χ0n) is 9.17. The average Bonchev–Trinajstić information content (AvgIpc) is 2.26. The van der Waals surface area contributed by atoms with Crippen molar-refractivity contribution in [3.05, 3.63) is 59.2 Å². The molecule has 0 fully saturated rings. The molecule has 0 unspecified atom stereocenters. The Bertz CT molecular complexity index is 340. The third-order valence-electron chi connectivity index (χ3n) is 2.38. The van der Waals surface area contributed by atoms with Crippen molar-refractivity contribution in [2.75, 3.05) is 0 Å².